The molecule has 7 heteroatoms. The second-order valence-corrected chi connectivity index (χ2v) is 6.19. The Morgan fingerprint density at radius 1 is 1.35 bits per heavy atom. The number of nitrogens with one attached hydrogen (secondary N) is 1. The van der Waals surface area contributed by atoms with Gasteiger partial charge in [-0.1, -0.05) is 52.4 Å². The number of halogens is 2. The Hall–Kier alpha value is -0.490. The second kappa shape index (κ2) is 5.91. The van der Waals surface area contributed by atoms with Crippen LogP contribution in [-0.2, 0) is 5.75 Å². The molecule has 0 aliphatic rings. The lowest BCUT2D eigenvalue weighted by atomic mass is 10.2. The number of thioether (sulfide) groups is 1. The monoisotopic (exact) mass is 305 g/mol. The molecule has 3 nitrogen and oxygen atoms in total. The highest BCUT2D eigenvalue weighted by atomic mass is 35.5. The van der Waals surface area contributed by atoms with Gasteiger partial charge in [-0.15, -0.1) is 10.2 Å². The number of aromatic nitrogens is 2. The standard InChI is InChI=1S/C10H9Cl2N3S2/c1-13-9-14-15-10(17-9)16-5-6-2-3-7(11)4-8(6)12/h2-4H,5H2,1H3,(H,13,14). The van der Waals surface area contributed by atoms with E-state index >= 15 is 0 Å². The van der Waals surface area contributed by atoms with E-state index in [1.54, 1.807) is 17.8 Å². The van der Waals surface area contributed by atoms with Crippen LogP contribution in [0, 0.1) is 0 Å². The molecule has 90 valence electrons. The van der Waals surface area contributed by atoms with Gasteiger partial charge in [0.05, 0.1) is 0 Å². The molecule has 17 heavy (non-hydrogen) atoms. The van der Waals surface area contributed by atoms with Gasteiger partial charge in [0.1, 0.15) is 0 Å². The zero-order chi connectivity index (χ0) is 12.3. The molecule has 2 aromatic rings. The molecular formula is C10H9Cl2N3S2. The molecule has 0 unspecified atom stereocenters. The van der Waals surface area contributed by atoms with Crippen LogP contribution in [0.15, 0.2) is 22.5 Å². The summed E-state index contributed by atoms with van der Waals surface area (Å²) in [5.74, 6) is 0.758. The van der Waals surface area contributed by atoms with E-state index in [0.29, 0.717) is 10.0 Å². The Bertz CT molecular complexity index is 516. The largest absolute Gasteiger partial charge is 0.363 e. The molecule has 0 radical (unpaired) electrons. The molecule has 2 rings (SSSR count). The Kier molecular flexibility index (Phi) is 4.50. The average molecular weight is 306 g/mol. The van der Waals surface area contributed by atoms with Gasteiger partial charge in [-0.2, -0.15) is 0 Å². The van der Waals surface area contributed by atoms with Crippen molar-refractivity contribution < 1.29 is 0 Å². The van der Waals surface area contributed by atoms with Crippen molar-refractivity contribution in [2.45, 2.75) is 10.1 Å². The fourth-order valence-corrected chi connectivity index (χ4v) is 3.41. The molecule has 0 saturated heterocycles. The lowest BCUT2D eigenvalue weighted by Crippen LogP contribution is -1.84. The number of benzene rings is 1. The van der Waals surface area contributed by atoms with Crippen molar-refractivity contribution in [2.24, 2.45) is 0 Å². The molecule has 0 spiro atoms. The smallest absolute Gasteiger partial charge is 0.206 e. The SMILES string of the molecule is CNc1nnc(SCc2ccc(Cl)cc2Cl)s1. The summed E-state index contributed by atoms with van der Waals surface area (Å²) in [5.41, 5.74) is 1.04. The first-order chi connectivity index (χ1) is 8.19. The van der Waals surface area contributed by atoms with Crippen LogP contribution in [0.4, 0.5) is 5.13 Å². The first-order valence-electron chi connectivity index (χ1n) is 4.77. The molecule has 1 aromatic carbocycles. The van der Waals surface area contributed by atoms with Gasteiger partial charge in [-0.25, -0.2) is 0 Å². The summed E-state index contributed by atoms with van der Waals surface area (Å²) in [7, 11) is 1.82. The van der Waals surface area contributed by atoms with Crippen LogP contribution < -0.4 is 5.32 Å². The lowest BCUT2D eigenvalue weighted by molar-refractivity contribution is 1.01. The number of hydrogen-bond donors (Lipinski definition) is 1. The predicted molar refractivity (Wildman–Crippen MR) is 75.5 cm³/mol. The van der Waals surface area contributed by atoms with Gasteiger partial charge in [0, 0.05) is 22.8 Å². The molecular weight excluding hydrogens is 297 g/mol. The number of rotatable bonds is 4. The van der Waals surface area contributed by atoms with Gasteiger partial charge in [0.2, 0.25) is 5.13 Å². The van der Waals surface area contributed by atoms with E-state index in [4.69, 9.17) is 23.2 Å². The molecule has 0 fully saturated rings. The normalized spacial score (nSPS) is 10.5. The molecule has 0 aliphatic carbocycles. The van der Waals surface area contributed by atoms with Crippen LogP contribution in [0.3, 0.4) is 0 Å². The summed E-state index contributed by atoms with van der Waals surface area (Å²) in [6.07, 6.45) is 0. The third-order valence-corrected chi connectivity index (χ3v) is 4.70. The van der Waals surface area contributed by atoms with Gasteiger partial charge in [-0.05, 0) is 17.7 Å². The van der Waals surface area contributed by atoms with Crippen LogP contribution in [0.25, 0.3) is 0 Å². The fourth-order valence-electron chi connectivity index (χ4n) is 1.15. The van der Waals surface area contributed by atoms with Crippen molar-refractivity contribution >= 4 is 51.4 Å². The summed E-state index contributed by atoms with van der Waals surface area (Å²) < 4.78 is 0.917. The van der Waals surface area contributed by atoms with Crippen molar-refractivity contribution in [3.63, 3.8) is 0 Å². The van der Waals surface area contributed by atoms with E-state index in [0.717, 1.165) is 20.8 Å². The Morgan fingerprint density at radius 3 is 2.82 bits per heavy atom. The Labute approximate surface area is 118 Å². The quantitative estimate of drug-likeness (QED) is 0.860. The predicted octanol–water partition coefficient (Wildman–Crippen LogP) is 4.18. The Morgan fingerprint density at radius 2 is 2.18 bits per heavy atom. The Balaban J connectivity index is 2.02. The average Bonchev–Trinajstić information content (AvgIpc) is 2.76. The number of nitrogens with zero attached hydrogens (tertiary/aromatic N) is 2. The number of hydrogen-bond acceptors (Lipinski definition) is 5. The van der Waals surface area contributed by atoms with Gasteiger partial charge in [0.25, 0.3) is 0 Å². The summed E-state index contributed by atoms with van der Waals surface area (Å²) in [5, 5.41) is 13.1. The summed E-state index contributed by atoms with van der Waals surface area (Å²) >= 11 is 15.1. The molecule has 0 atom stereocenters. The minimum absolute atomic E-state index is 0.650. The molecule has 1 heterocycles. The van der Waals surface area contributed by atoms with Gasteiger partial charge >= 0.3 is 0 Å². The molecule has 0 bridgehead atoms. The highest BCUT2D eigenvalue weighted by Crippen LogP contribution is 2.31. The van der Waals surface area contributed by atoms with Crippen LogP contribution >= 0.6 is 46.3 Å². The molecule has 0 amide bonds. The van der Waals surface area contributed by atoms with E-state index < -0.39 is 0 Å². The maximum absolute atomic E-state index is 6.09. The summed E-state index contributed by atoms with van der Waals surface area (Å²) in [6, 6.07) is 5.51. The summed E-state index contributed by atoms with van der Waals surface area (Å²) in [4.78, 5) is 0. The second-order valence-electron chi connectivity index (χ2n) is 3.15. The topological polar surface area (TPSA) is 37.8 Å². The first kappa shape index (κ1) is 13.0. The highest BCUT2D eigenvalue weighted by Gasteiger charge is 2.06. The van der Waals surface area contributed by atoms with Crippen molar-refractivity contribution in [1.29, 1.82) is 0 Å². The zero-order valence-electron chi connectivity index (χ0n) is 8.91. The minimum atomic E-state index is 0.650. The van der Waals surface area contributed by atoms with E-state index in [1.165, 1.54) is 11.3 Å². The van der Waals surface area contributed by atoms with Gasteiger partial charge < -0.3 is 5.32 Å². The third kappa shape index (κ3) is 3.48. The van der Waals surface area contributed by atoms with Crippen molar-refractivity contribution in [3.8, 4) is 0 Å². The van der Waals surface area contributed by atoms with E-state index in [9.17, 15) is 0 Å². The van der Waals surface area contributed by atoms with Crippen LogP contribution in [-0.4, -0.2) is 17.2 Å². The van der Waals surface area contributed by atoms with Crippen LogP contribution in [0.2, 0.25) is 10.0 Å². The molecule has 0 saturated carbocycles. The number of anilines is 1. The lowest BCUT2D eigenvalue weighted by Gasteiger charge is -2.02. The van der Waals surface area contributed by atoms with E-state index in [-0.39, 0.29) is 0 Å². The van der Waals surface area contributed by atoms with Crippen LogP contribution in [0.5, 0.6) is 0 Å². The van der Waals surface area contributed by atoms with Gasteiger partial charge in [-0.3, -0.25) is 0 Å². The molecule has 1 N–H and O–H groups in total. The van der Waals surface area contributed by atoms with Gasteiger partial charge in [0.15, 0.2) is 4.34 Å². The van der Waals surface area contributed by atoms with E-state index in [2.05, 4.69) is 15.5 Å². The van der Waals surface area contributed by atoms with Crippen molar-refractivity contribution in [3.05, 3.63) is 33.8 Å². The maximum atomic E-state index is 6.09. The van der Waals surface area contributed by atoms with Crippen LogP contribution in [0.1, 0.15) is 5.56 Å². The zero-order valence-corrected chi connectivity index (χ0v) is 12.1. The molecule has 0 aliphatic heterocycles. The van der Waals surface area contributed by atoms with Crippen molar-refractivity contribution in [2.75, 3.05) is 12.4 Å². The third-order valence-electron chi connectivity index (χ3n) is 1.99. The minimum Gasteiger partial charge on any atom is -0.363 e. The van der Waals surface area contributed by atoms with Crippen molar-refractivity contribution in [1.82, 2.24) is 10.2 Å². The maximum Gasteiger partial charge on any atom is 0.206 e. The summed E-state index contributed by atoms with van der Waals surface area (Å²) in [6.45, 7) is 0. The highest BCUT2D eigenvalue weighted by molar-refractivity contribution is 8.00. The first-order valence-corrected chi connectivity index (χ1v) is 7.33. The van der Waals surface area contributed by atoms with E-state index in [1.807, 2.05) is 19.2 Å². The molecule has 1 aromatic heterocycles. The fraction of sp³-hybridized carbons (Fsp3) is 0.200.